The van der Waals surface area contributed by atoms with Gasteiger partial charge in [0.25, 0.3) is 0 Å². The van der Waals surface area contributed by atoms with Gasteiger partial charge in [-0.2, -0.15) is 0 Å². The second kappa shape index (κ2) is 14.5. The van der Waals surface area contributed by atoms with Crippen molar-refractivity contribution in [2.24, 2.45) is 0 Å². The number of rotatable bonds is 6. The average molecular weight is 326 g/mol. The number of carbonyl (C=O) groups is 4. The van der Waals surface area contributed by atoms with Crippen molar-refractivity contribution in [3.05, 3.63) is 0 Å². The molecule has 0 rings (SSSR count). The van der Waals surface area contributed by atoms with E-state index in [9.17, 15) is 29.4 Å². The normalized spacial score (nSPS) is 8.11. The minimum absolute atomic E-state index is 0. The summed E-state index contributed by atoms with van der Waals surface area (Å²) < 4.78 is 8.34. The fourth-order valence-electron chi connectivity index (χ4n) is 0.612. The minimum atomic E-state index is -1.24. The minimum Gasteiger partial charge on any atom is -0.550 e. The molecule has 0 aromatic carbocycles. The van der Waals surface area contributed by atoms with E-state index in [4.69, 9.17) is 0 Å². The van der Waals surface area contributed by atoms with E-state index >= 15 is 0 Å². The van der Waals surface area contributed by atoms with E-state index in [-0.39, 0.29) is 42.8 Å². The van der Waals surface area contributed by atoms with Crippen LogP contribution in [0.5, 0.6) is 0 Å². The molecule has 0 aliphatic rings. The van der Waals surface area contributed by atoms with E-state index < -0.39 is 23.9 Å². The zero-order valence-corrected chi connectivity index (χ0v) is 11.3. The van der Waals surface area contributed by atoms with Crippen LogP contribution in [0.25, 0.3) is 0 Å². The molecule has 19 heavy (non-hydrogen) atoms. The number of carbonyl (C=O) groups excluding carboxylic acids is 4. The molecule has 0 spiro atoms. The molecule has 0 heterocycles. The van der Waals surface area contributed by atoms with Gasteiger partial charge in [0.2, 0.25) is 0 Å². The summed E-state index contributed by atoms with van der Waals surface area (Å²) in [5.41, 5.74) is 0. The third-order valence-corrected chi connectivity index (χ3v) is 1.52. The van der Waals surface area contributed by atoms with Crippen LogP contribution in [0.3, 0.4) is 0 Å². The van der Waals surface area contributed by atoms with E-state index in [0.29, 0.717) is 0 Å². The quantitative estimate of drug-likeness (QED) is 0.383. The maximum Gasteiger partial charge on any atom is 2.00 e. The van der Waals surface area contributed by atoms with Gasteiger partial charge in [0.1, 0.15) is 0 Å². The van der Waals surface area contributed by atoms with Crippen LogP contribution in [-0.4, -0.2) is 38.1 Å². The third-order valence-electron chi connectivity index (χ3n) is 1.52. The number of methoxy groups -OCH3 is 2. The second-order valence-electron chi connectivity index (χ2n) is 2.90. The van der Waals surface area contributed by atoms with E-state index in [1.54, 1.807) is 0 Å². The zero-order chi connectivity index (χ0) is 14.6. The van der Waals surface area contributed by atoms with Crippen molar-refractivity contribution >= 4 is 23.9 Å². The Morgan fingerprint density at radius 2 is 1.00 bits per heavy atom. The summed E-state index contributed by atoms with van der Waals surface area (Å²) in [7, 11) is 2.41. The van der Waals surface area contributed by atoms with Crippen molar-refractivity contribution in [3.8, 4) is 0 Å². The molecule has 0 aliphatic carbocycles. The Morgan fingerprint density at radius 1 is 0.737 bits per heavy atom. The van der Waals surface area contributed by atoms with Crippen molar-refractivity contribution in [1.29, 1.82) is 0 Å². The first-order valence-corrected chi connectivity index (χ1v) is 4.86. The van der Waals surface area contributed by atoms with Gasteiger partial charge >= 0.3 is 29.0 Å². The molecule has 0 amide bonds. The first-order valence-electron chi connectivity index (χ1n) is 4.86. The Bertz CT molecular complexity index is 272. The topological polar surface area (TPSA) is 133 Å². The van der Waals surface area contributed by atoms with Gasteiger partial charge in [-0.1, -0.05) is 0 Å². The predicted octanol–water partition coefficient (Wildman–Crippen LogP) is -2.62. The van der Waals surface area contributed by atoms with Crippen LogP contribution in [0.1, 0.15) is 25.7 Å². The molecule has 9 heteroatoms. The van der Waals surface area contributed by atoms with Gasteiger partial charge in [-0.05, 0) is 12.8 Å². The van der Waals surface area contributed by atoms with Gasteiger partial charge < -0.3 is 29.3 Å². The van der Waals surface area contributed by atoms with Crippen LogP contribution in [0.2, 0.25) is 0 Å². The molecule has 0 aromatic heterocycles. The molecule has 1 radical (unpaired) electrons. The number of hydrogen-bond donors (Lipinski definition) is 0. The first kappa shape index (κ1) is 22.6. The summed E-state index contributed by atoms with van der Waals surface area (Å²) >= 11 is 0. The van der Waals surface area contributed by atoms with Gasteiger partial charge in [-0.25, -0.2) is 0 Å². The zero-order valence-electron chi connectivity index (χ0n) is 10.4. The molecule has 0 aromatic rings. The Morgan fingerprint density at radius 3 is 1.16 bits per heavy atom. The molecule has 0 saturated heterocycles. The molecule has 0 atom stereocenters. The number of aliphatic carboxylic acids is 2. The van der Waals surface area contributed by atoms with Crippen LogP contribution < -0.4 is 10.2 Å². The van der Waals surface area contributed by atoms with Crippen molar-refractivity contribution < 1.29 is 55.9 Å². The summed E-state index contributed by atoms with van der Waals surface area (Å²) in [5, 5.41) is 19.4. The molecule has 8 nitrogen and oxygen atoms in total. The van der Waals surface area contributed by atoms with E-state index in [0.717, 1.165) is 0 Å². The number of hydrogen-bond acceptors (Lipinski definition) is 8. The van der Waals surface area contributed by atoms with Crippen LogP contribution in [0, 0.1) is 0 Å². The number of ether oxygens (including phenoxy) is 2. The van der Waals surface area contributed by atoms with Crippen LogP contribution >= 0.6 is 0 Å². The van der Waals surface area contributed by atoms with Gasteiger partial charge in [-0.3, -0.25) is 9.59 Å². The first-order chi connectivity index (χ1) is 8.33. The Kier molecular flexibility index (Phi) is 17.2. The standard InChI is InChI=1S/2C5H8O4.Cu/c2*1-9-5(8)3-2-4(6)7;/h2*2-3H2,1H3,(H,6,7);/q;;+2/p-2. The maximum absolute atomic E-state index is 10.2. The molecular weight excluding hydrogens is 312 g/mol. The van der Waals surface area contributed by atoms with E-state index in [2.05, 4.69) is 9.47 Å². The molecular formula is C10H14CuO8. The van der Waals surface area contributed by atoms with Gasteiger partial charge in [-0.15, -0.1) is 0 Å². The van der Waals surface area contributed by atoms with Crippen LogP contribution in [0.15, 0.2) is 0 Å². The third kappa shape index (κ3) is 22.1. The van der Waals surface area contributed by atoms with Crippen molar-refractivity contribution in [2.45, 2.75) is 25.7 Å². The van der Waals surface area contributed by atoms with Gasteiger partial charge in [0, 0.05) is 11.9 Å². The summed E-state index contributed by atoms with van der Waals surface area (Å²) in [6.07, 6.45) is -0.767. The average Bonchev–Trinajstić information content (AvgIpc) is 2.33. The summed E-state index contributed by atoms with van der Waals surface area (Å²) in [6.45, 7) is 0. The molecule has 0 unspecified atom stereocenters. The maximum atomic E-state index is 10.2. The van der Waals surface area contributed by atoms with E-state index in [1.807, 2.05) is 0 Å². The molecule has 0 N–H and O–H groups in total. The fraction of sp³-hybridized carbons (Fsp3) is 0.600. The summed E-state index contributed by atoms with van der Waals surface area (Å²) in [4.78, 5) is 39.8. The second-order valence-corrected chi connectivity index (χ2v) is 2.90. The monoisotopic (exact) mass is 325 g/mol. The van der Waals surface area contributed by atoms with Gasteiger partial charge in [0.15, 0.2) is 0 Å². The molecule has 0 bridgehead atoms. The molecule has 0 fully saturated rings. The fourth-order valence-corrected chi connectivity index (χ4v) is 0.612. The predicted molar refractivity (Wildman–Crippen MR) is 52.5 cm³/mol. The molecule has 0 aliphatic heterocycles. The Labute approximate surface area is 120 Å². The SMILES string of the molecule is COC(=O)CCC(=O)[O-].COC(=O)CCC(=O)[O-].[Cu+2]. The van der Waals surface area contributed by atoms with Gasteiger partial charge in [0.05, 0.1) is 27.1 Å². The Hall–Kier alpha value is -1.60. The molecule has 113 valence electrons. The Balaban J connectivity index is -0.000000256. The van der Waals surface area contributed by atoms with E-state index in [1.165, 1.54) is 14.2 Å². The smallest absolute Gasteiger partial charge is 0.550 e. The summed E-state index contributed by atoms with van der Waals surface area (Å²) in [6, 6.07) is 0. The number of esters is 2. The number of carboxylic acid groups (broad SMARTS) is 2. The van der Waals surface area contributed by atoms with Crippen molar-refractivity contribution in [3.63, 3.8) is 0 Å². The van der Waals surface area contributed by atoms with Crippen molar-refractivity contribution in [2.75, 3.05) is 14.2 Å². The van der Waals surface area contributed by atoms with Crippen LogP contribution in [-0.2, 0) is 45.7 Å². The van der Waals surface area contributed by atoms with Crippen LogP contribution in [0.4, 0.5) is 0 Å². The largest absolute Gasteiger partial charge is 2.00 e. The summed E-state index contributed by atoms with van der Waals surface area (Å²) in [5.74, 6) is -3.53. The molecule has 0 saturated carbocycles. The van der Waals surface area contributed by atoms with Crippen molar-refractivity contribution in [1.82, 2.24) is 0 Å². The number of carboxylic acids is 2.